The van der Waals surface area contributed by atoms with Crippen LogP contribution in [-0.2, 0) is 6.54 Å². The van der Waals surface area contributed by atoms with E-state index in [1.165, 1.54) is 16.9 Å². The monoisotopic (exact) mass is 397 g/mol. The Balaban J connectivity index is 1.80. The average Bonchev–Trinajstić information content (AvgIpc) is 3.21. The summed E-state index contributed by atoms with van der Waals surface area (Å²) in [6, 6.07) is 13.7. The molecule has 0 unspecified atom stereocenters. The molecule has 0 aliphatic rings. The number of ether oxygens (including phenoxy) is 3. The number of benzene rings is 2. The smallest absolute Gasteiger partial charge is 0.262 e. The lowest BCUT2D eigenvalue weighted by Crippen LogP contribution is -2.22. The van der Waals surface area contributed by atoms with Crippen LogP contribution in [0.4, 0.5) is 0 Å². The molecule has 1 N–H and O–H groups in total. The Hall–Kier alpha value is -2.99. The molecule has 1 amide bonds. The maximum absolute atomic E-state index is 12.8. The van der Waals surface area contributed by atoms with Crippen LogP contribution in [0.15, 0.2) is 47.8 Å². The van der Waals surface area contributed by atoms with Crippen LogP contribution in [0, 0.1) is 6.92 Å². The molecule has 146 valence electrons. The van der Waals surface area contributed by atoms with E-state index in [-0.39, 0.29) is 5.91 Å². The van der Waals surface area contributed by atoms with Gasteiger partial charge in [0, 0.05) is 23.7 Å². The number of nitrogens with one attached hydrogen (secondary N) is 1. The summed E-state index contributed by atoms with van der Waals surface area (Å²) in [5.74, 6) is 1.67. The summed E-state index contributed by atoms with van der Waals surface area (Å²) in [5.41, 5.74) is 3.95. The lowest BCUT2D eigenvalue weighted by molar-refractivity contribution is 0.0955. The molecule has 0 atom stereocenters. The van der Waals surface area contributed by atoms with Crippen molar-refractivity contribution in [2.24, 2.45) is 0 Å². The van der Waals surface area contributed by atoms with E-state index in [1.807, 2.05) is 48.7 Å². The van der Waals surface area contributed by atoms with E-state index in [9.17, 15) is 4.79 Å². The van der Waals surface area contributed by atoms with E-state index in [2.05, 4.69) is 5.32 Å². The Bertz CT molecular complexity index is 963. The Morgan fingerprint density at radius 2 is 1.57 bits per heavy atom. The number of carbonyl (C=O) groups is 1. The van der Waals surface area contributed by atoms with Crippen molar-refractivity contribution in [1.29, 1.82) is 0 Å². The first kappa shape index (κ1) is 19.8. The predicted octanol–water partition coefficient (Wildman–Crippen LogP) is 4.68. The minimum Gasteiger partial charge on any atom is -0.496 e. The van der Waals surface area contributed by atoms with Gasteiger partial charge in [-0.05, 0) is 30.0 Å². The molecule has 0 radical (unpaired) electrons. The van der Waals surface area contributed by atoms with Crippen molar-refractivity contribution in [2.45, 2.75) is 13.5 Å². The molecule has 1 heterocycles. The first-order valence-electron chi connectivity index (χ1n) is 8.79. The van der Waals surface area contributed by atoms with Crippen LogP contribution in [0.5, 0.6) is 17.2 Å². The second kappa shape index (κ2) is 8.80. The topological polar surface area (TPSA) is 56.8 Å². The fourth-order valence-corrected chi connectivity index (χ4v) is 3.76. The van der Waals surface area contributed by atoms with Crippen LogP contribution in [0.1, 0.15) is 20.8 Å². The number of thiophene rings is 1. The van der Waals surface area contributed by atoms with Gasteiger partial charge < -0.3 is 19.5 Å². The van der Waals surface area contributed by atoms with Crippen molar-refractivity contribution in [3.05, 3.63) is 63.8 Å². The molecule has 0 aliphatic carbocycles. The Morgan fingerprint density at radius 3 is 2.21 bits per heavy atom. The maximum atomic E-state index is 12.8. The molecule has 0 bridgehead atoms. The number of amides is 1. The number of aryl methyl sites for hydroxylation is 1. The van der Waals surface area contributed by atoms with E-state index >= 15 is 0 Å². The largest absolute Gasteiger partial charge is 0.496 e. The highest BCUT2D eigenvalue weighted by Crippen LogP contribution is 2.35. The summed E-state index contributed by atoms with van der Waals surface area (Å²) in [4.78, 5) is 13.5. The quantitative estimate of drug-likeness (QED) is 0.629. The van der Waals surface area contributed by atoms with Crippen molar-refractivity contribution in [2.75, 3.05) is 21.3 Å². The van der Waals surface area contributed by atoms with Crippen LogP contribution in [-0.4, -0.2) is 27.2 Å². The maximum Gasteiger partial charge on any atom is 0.262 e. The molecule has 2 aromatic carbocycles. The van der Waals surface area contributed by atoms with Gasteiger partial charge in [0.05, 0.1) is 26.2 Å². The Labute approximate surface area is 168 Å². The minimum atomic E-state index is -0.123. The molecule has 0 aliphatic heterocycles. The summed E-state index contributed by atoms with van der Waals surface area (Å²) in [6.07, 6.45) is 0. The number of carbonyl (C=O) groups excluding carboxylic acids is 1. The Kier molecular flexibility index (Phi) is 6.21. The van der Waals surface area contributed by atoms with Gasteiger partial charge in [-0.15, -0.1) is 11.3 Å². The SMILES string of the molecule is COc1cc(OC)c(OC)cc1CNC(=O)c1sccc1-c1ccc(C)cc1. The molecule has 3 aromatic rings. The average molecular weight is 397 g/mol. The third-order valence-corrected chi connectivity index (χ3v) is 5.37. The predicted molar refractivity (Wildman–Crippen MR) is 112 cm³/mol. The van der Waals surface area contributed by atoms with Gasteiger partial charge in [-0.1, -0.05) is 29.8 Å². The highest BCUT2D eigenvalue weighted by molar-refractivity contribution is 7.12. The minimum absolute atomic E-state index is 0.123. The zero-order chi connectivity index (χ0) is 20.1. The van der Waals surface area contributed by atoms with Gasteiger partial charge in [0.25, 0.3) is 5.91 Å². The molecule has 5 nitrogen and oxygen atoms in total. The van der Waals surface area contributed by atoms with Gasteiger partial charge in [-0.3, -0.25) is 4.79 Å². The summed E-state index contributed by atoms with van der Waals surface area (Å²) < 4.78 is 16.1. The third-order valence-electron chi connectivity index (χ3n) is 4.46. The summed E-state index contributed by atoms with van der Waals surface area (Å²) in [5, 5.41) is 4.91. The standard InChI is InChI=1S/C22H23NO4S/c1-14-5-7-15(8-6-14)17-9-10-28-21(17)22(24)23-13-16-11-19(26-3)20(27-4)12-18(16)25-2/h5-12H,13H2,1-4H3,(H,23,24). The fraction of sp³-hybridized carbons (Fsp3) is 0.227. The van der Waals surface area contributed by atoms with E-state index in [1.54, 1.807) is 27.4 Å². The van der Waals surface area contributed by atoms with Crippen molar-refractivity contribution < 1.29 is 19.0 Å². The molecule has 3 rings (SSSR count). The number of hydrogen-bond donors (Lipinski definition) is 1. The molecular weight excluding hydrogens is 374 g/mol. The van der Waals surface area contributed by atoms with E-state index < -0.39 is 0 Å². The number of rotatable bonds is 7. The lowest BCUT2D eigenvalue weighted by atomic mass is 10.0. The van der Waals surface area contributed by atoms with Gasteiger partial charge in [0.1, 0.15) is 5.75 Å². The highest BCUT2D eigenvalue weighted by Gasteiger charge is 2.17. The van der Waals surface area contributed by atoms with Crippen LogP contribution < -0.4 is 19.5 Å². The first-order chi connectivity index (χ1) is 13.6. The van der Waals surface area contributed by atoms with Crippen LogP contribution >= 0.6 is 11.3 Å². The molecule has 0 saturated carbocycles. The number of methoxy groups -OCH3 is 3. The van der Waals surface area contributed by atoms with Crippen molar-refractivity contribution >= 4 is 17.2 Å². The second-order valence-corrected chi connectivity index (χ2v) is 7.15. The molecular formula is C22H23NO4S. The molecule has 6 heteroatoms. The van der Waals surface area contributed by atoms with Crippen LogP contribution in [0.25, 0.3) is 11.1 Å². The van der Waals surface area contributed by atoms with Crippen molar-refractivity contribution in [3.63, 3.8) is 0 Å². The van der Waals surface area contributed by atoms with E-state index in [0.29, 0.717) is 28.7 Å². The second-order valence-electron chi connectivity index (χ2n) is 6.23. The molecule has 0 fully saturated rings. The highest BCUT2D eigenvalue weighted by atomic mass is 32.1. The summed E-state index contributed by atoms with van der Waals surface area (Å²) in [6.45, 7) is 2.36. The zero-order valence-corrected chi connectivity index (χ0v) is 17.2. The normalized spacial score (nSPS) is 10.4. The van der Waals surface area contributed by atoms with Crippen molar-refractivity contribution in [1.82, 2.24) is 5.32 Å². The van der Waals surface area contributed by atoms with Crippen molar-refractivity contribution in [3.8, 4) is 28.4 Å². The molecule has 28 heavy (non-hydrogen) atoms. The van der Waals surface area contributed by atoms with E-state index in [0.717, 1.165) is 16.7 Å². The van der Waals surface area contributed by atoms with Gasteiger partial charge in [-0.2, -0.15) is 0 Å². The zero-order valence-electron chi connectivity index (χ0n) is 16.4. The van der Waals surface area contributed by atoms with Gasteiger partial charge >= 0.3 is 0 Å². The lowest BCUT2D eigenvalue weighted by Gasteiger charge is -2.14. The molecule has 1 aromatic heterocycles. The summed E-state index contributed by atoms with van der Waals surface area (Å²) >= 11 is 1.43. The third kappa shape index (κ3) is 4.12. The summed E-state index contributed by atoms with van der Waals surface area (Å²) in [7, 11) is 4.73. The number of hydrogen-bond acceptors (Lipinski definition) is 5. The van der Waals surface area contributed by atoms with Gasteiger partial charge in [0.15, 0.2) is 11.5 Å². The first-order valence-corrected chi connectivity index (χ1v) is 9.67. The molecule has 0 saturated heterocycles. The van der Waals surface area contributed by atoms with Crippen LogP contribution in [0.2, 0.25) is 0 Å². The van der Waals surface area contributed by atoms with Gasteiger partial charge in [0.2, 0.25) is 0 Å². The Morgan fingerprint density at radius 1 is 0.929 bits per heavy atom. The van der Waals surface area contributed by atoms with E-state index in [4.69, 9.17) is 14.2 Å². The van der Waals surface area contributed by atoms with Crippen LogP contribution in [0.3, 0.4) is 0 Å². The fourth-order valence-electron chi connectivity index (χ4n) is 2.93. The van der Waals surface area contributed by atoms with Gasteiger partial charge in [-0.25, -0.2) is 0 Å². The molecule has 0 spiro atoms.